The number of hydrogen-bond acceptors (Lipinski definition) is 3. The molecule has 0 unspecified atom stereocenters. The fraction of sp³-hybridized carbons (Fsp3) is 0.389. The first-order chi connectivity index (χ1) is 10.4. The molecule has 0 spiro atoms. The zero-order chi connectivity index (χ0) is 14.5. The van der Waals surface area contributed by atoms with Gasteiger partial charge in [0.2, 0.25) is 0 Å². The van der Waals surface area contributed by atoms with Crippen molar-refractivity contribution in [1.29, 1.82) is 0 Å². The van der Waals surface area contributed by atoms with Gasteiger partial charge in [0.05, 0.1) is 17.3 Å². The van der Waals surface area contributed by atoms with E-state index in [1.54, 1.807) is 0 Å². The maximum absolute atomic E-state index is 4.91. The zero-order valence-electron chi connectivity index (χ0n) is 13.3. The molecule has 1 N–H and O–H groups in total. The summed E-state index contributed by atoms with van der Waals surface area (Å²) < 4.78 is 0. The van der Waals surface area contributed by atoms with Crippen LogP contribution in [-0.4, -0.2) is 36.1 Å². The third-order valence-corrected chi connectivity index (χ3v) is 4.20. The highest BCUT2D eigenvalue weighted by molar-refractivity contribution is 5.85. The molecule has 1 aliphatic heterocycles. The van der Waals surface area contributed by atoms with Gasteiger partial charge >= 0.3 is 0 Å². The minimum atomic E-state index is 0. The number of hydrogen-bond donors (Lipinski definition) is 1. The van der Waals surface area contributed by atoms with Crippen LogP contribution < -0.4 is 5.32 Å². The molecule has 0 saturated carbocycles. The molecule has 23 heavy (non-hydrogen) atoms. The molecule has 0 amide bonds. The van der Waals surface area contributed by atoms with E-state index in [4.69, 9.17) is 4.98 Å². The SMILES string of the molecule is C=CCC[C@@H](c1ccc2ccccc2n1)N1CCNCC1.Cl.Cl. The lowest BCUT2D eigenvalue weighted by Gasteiger charge is -2.34. The summed E-state index contributed by atoms with van der Waals surface area (Å²) in [4.78, 5) is 7.46. The third kappa shape index (κ3) is 4.92. The molecule has 1 atom stereocenters. The van der Waals surface area contributed by atoms with E-state index >= 15 is 0 Å². The lowest BCUT2D eigenvalue weighted by Crippen LogP contribution is -2.45. The van der Waals surface area contributed by atoms with Gasteiger partial charge in [-0.1, -0.05) is 30.3 Å². The van der Waals surface area contributed by atoms with E-state index < -0.39 is 0 Å². The van der Waals surface area contributed by atoms with E-state index in [-0.39, 0.29) is 24.8 Å². The van der Waals surface area contributed by atoms with E-state index in [9.17, 15) is 0 Å². The molecule has 0 radical (unpaired) electrons. The van der Waals surface area contributed by atoms with Crippen molar-refractivity contribution in [1.82, 2.24) is 15.2 Å². The molecule has 1 fully saturated rings. The lowest BCUT2D eigenvalue weighted by atomic mass is 10.0. The van der Waals surface area contributed by atoms with Crippen molar-refractivity contribution in [3.8, 4) is 0 Å². The Balaban J connectivity index is 0.00000132. The summed E-state index contributed by atoms with van der Waals surface area (Å²) >= 11 is 0. The van der Waals surface area contributed by atoms with Crippen LogP contribution in [0.15, 0.2) is 49.1 Å². The number of aromatic nitrogens is 1. The Morgan fingerprint density at radius 3 is 2.61 bits per heavy atom. The summed E-state index contributed by atoms with van der Waals surface area (Å²) in [6.45, 7) is 8.19. The van der Waals surface area contributed by atoms with Gasteiger partial charge in [-0.2, -0.15) is 0 Å². The minimum Gasteiger partial charge on any atom is -0.314 e. The summed E-state index contributed by atoms with van der Waals surface area (Å²) in [5, 5.41) is 4.64. The van der Waals surface area contributed by atoms with Gasteiger partial charge in [-0.3, -0.25) is 9.88 Å². The van der Waals surface area contributed by atoms with Crippen LogP contribution in [0, 0.1) is 0 Å². The smallest absolute Gasteiger partial charge is 0.0706 e. The molecular weight excluding hydrogens is 329 g/mol. The van der Waals surface area contributed by atoms with E-state index in [0.29, 0.717) is 6.04 Å². The average molecular weight is 354 g/mol. The van der Waals surface area contributed by atoms with E-state index in [1.165, 1.54) is 11.1 Å². The van der Waals surface area contributed by atoms with Crippen LogP contribution in [0.3, 0.4) is 0 Å². The van der Waals surface area contributed by atoms with Gasteiger partial charge in [-0.05, 0) is 25.0 Å². The quantitative estimate of drug-likeness (QED) is 0.823. The van der Waals surface area contributed by atoms with Crippen LogP contribution in [0.25, 0.3) is 10.9 Å². The van der Waals surface area contributed by atoms with Crippen LogP contribution in [0.2, 0.25) is 0 Å². The molecule has 2 heterocycles. The highest BCUT2D eigenvalue weighted by atomic mass is 35.5. The van der Waals surface area contributed by atoms with Gasteiger partial charge < -0.3 is 5.32 Å². The van der Waals surface area contributed by atoms with E-state index in [2.05, 4.69) is 53.2 Å². The number of para-hydroxylation sites is 1. The lowest BCUT2D eigenvalue weighted by molar-refractivity contribution is 0.163. The second-order valence-corrected chi connectivity index (χ2v) is 5.60. The molecule has 0 bridgehead atoms. The van der Waals surface area contributed by atoms with Crippen LogP contribution in [-0.2, 0) is 0 Å². The standard InChI is InChI=1S/C18H23N3.2ClH/c1-2-3-8-18(21-13-11-19-12-14-21)17-10-9-15-6-4-5-7-16(15)20-17;;/h2,4-7,9-10,18-19H,1,3,8,11-14H2;2*1H/t18-;;/m0../s1. The predicted molar refractivity (Wildman–Crippen MR) is 103 cm³/mol. The maximum Gasteiger partial charge on any atom is 0.0706 e. The highest BCUT2D eigenvalue weighted by Gasteiger charge is 2.22. The number of pyridine rings is 1. The number of fused-ring (bicyclic) bond motifs is 1. The summed E-state index contributed by atoms with van der Waals surface area (Å²) in [5.74, 6) is 0. The Hall–Kier alpha value is -1.13. The Bertz CT molecular complexity index is 612. The monoisotopic (exact) mass is 353 g/mol. The minimum absolute atomic E-state index is 0. The number of halogens is 2. The van der Waals surface area contributed by atoms with Crippen molar-refractivity contribution < 1.29 is 0 Å². The van der Waals surface area contributed by atoms with Gasteiger partial charge in [-0.15, -0.1) is 31.4 Å². The van der Waals surface area contributed by atoms with Crippen molar-refractivity contribution in [3.05, 3.63) is 54.7 Å². The number of benzene rings is 1. The molecule has 3 rings (SSSR count). The number of piperazine rings is 1. The first kappa shape index (κ1) is 19.9. The van der Waals surface area contributed by atoms with Gasteiger partial charge in [0.25, 0.3) is 0 Å². The molecule has 3 nitrogen and oxygen atoms in total. The van der Waals surface area contributed by atoms with Crippen molar-refractivity contribution >= 4 is 35.7 Å². The normalized spacial score (nSPS) is 16.2. The zero-order valence-corrected chi connectivity index (χ0v) is 14.9. The first-order valence-electron chi connectivity index (χ1n) is 7.80. The fourth-order valence-electron chi connectivity index (χ4n) is 3.05. The topological polar surface area (TPSA) is 28.2 Å². The largest absolute Gasteiger partial charge is 0.314 e. The van der Waals surface area contributed by atoms with E-state index in [0.717, 1.165) is 44.5 Å². The number of nitrogens with one attached hydrogen (secondary N) is 1. The average Bonchev–Trinajstić information content (AvgIpc) is 2.56. The predicted octanol–water partition coefficient (Wildman–Crippen LogP) is 3.99. The first-order valence-corrected chi connectivity index (χ1v) is 7.80. The summed E-state index contributed by atoms with van der Waals surface area (Å²) in [6.07, 6.45) is 4.13. The fourth-order valence-corrected chi connectivity index (χ4v) is 3.05. The molecule has 1 aromatic carbocycles. The molecule has 1 aliphatic rings. The Labute approximate surface area is 151 Å². The molecule has 126 valence electrons. The number of rotatable bonds is 5. The van der Waals surface area contributed by atoms with Gasteiger partial charge in [0, 0.05) is 31.6 Å². The summed E-state index contributed by atoms with van der Waals surface area (Å²) in [7, 11) is 0. The maximum atomic E-state index is 4.91. The van der Waals surface area contributed by atoms with Gasteiger partial charge in [0.15, 0.2) is 0 Å². The Morgan fingerprint density at radius 1 is 1.13 bits per heavy atom. The third-order valence-electron chi connectivity index (χ3n) is 4.20. The second kappa shape index (κ2) is 9.89. The molecule has 0 aliphatic carbocycles. The highest BCUT2D eigenvalue weighted by Crippen LogP contribution is 2.26. The van der Waals surface area contributed by atoms with Crippen LogP contribution in [0.1, 0.15) is 24.6 Å². The van der Waals surface area contributed by atoms with E-state index in [1.807, 2.05) is 6.08 Å². The summed E-state index contributed by atoms with van der Waals surface area (Å²) in [5.41, 5.74) is 2.28. The molecule has 2 aromatic rings. The molecule has 1 aromatic heterocycles. The Kier molecular flexibility index (Phi) is 8.56. The molecule has 1 saturated heterocycles. The molecular formula is C18H25Cl2N3. The van der Waals surface area contributed by atoms with Gasteiger partial charge in [-0.25, -0.2) is 0 Å². The van der Waals surface area contributed by atoms with Crippen molar-refractivity contribution in [2.45, 2.75) is 18.9 Å². The van der Waals surface area contributed by atoms with Gasteiger partial charge in [0.1, 0.15) is 0 Å². The number of nitrogens with zero attached hydrogens (tertiary/aromatic N) is 2. The number of allylic oxidation sites excluding steroid dienone is 1. The molecule has 5 heteroatoms. The Morgan fingerprint density at radius 2 is 1.87 bits per heavy atom. The second-order valence-electron chi connectivity index (χ2n) is 5.60. The van der Waals surface area contributed by atoms with Crippen LogP contribution in [0.4, 0.5) is 0 Å². The van der Waals surface area contributed by atoms with Crippen LogP contribution >= 0.6 is 24.8 Å². The van der Waals surface area contributed by atoms with Crippen molar-refractivity contribution in [2.24, 2.45) is 0 Å². The van der Waals surface area contributed by atoms with Crippen molar-refractivity contribution in [3.63, 3.8) is 0 Å². The van der Waals surface area contributed by atoms with Crippen molar-refractivity contribution in [2.75, 3.05) is 26.2 Å². The van der Waals surface area contributed by atoms with Crippen LogP contribution in [0.5, 0.6) is 0 Å². The summed E-state index contributed by atoms with van der Waals surface area (Å²) in [6, 6.07) is 13.1.